The van der Waals surface area contributed by atoms with E-state index in [4.69, 9.17) is 4.74 Å². The van der Waals surface area contributed by atoms with Gasteiger partial charge in [-0.05, 0) is 19.9 Å². The molecule has 1 aromatic heterocycles. The van der Waals surface area contributed by atoms with Gasteiger partial charge in [0, 0.05) is 18.5 Å². The summed E-state index contributed by atoms with van der Waals surface area (Å²) in [7, 11) is 1.62. The number of carbonyl (C=O) groups is 1. The lowest BCUT2D eigenvalue weighted by Crippen LogP contribution is -2.36. The van der Waals surface area contributed by atoms with Crippen LogP contribution in [0.15, 0.2) is 29.3 Å². The molecule has 0 saturated heterocycles. The number of methoxy groups -OCH3 is 1. The molecule has 0 radical (unpaired) electrons. The molecule has 0 aliphatic rings. The first-order valence-corrected chi connectivity index (χ1v) is 7.73. The number of aromatic nitrogens is 2. The van der Waals surface area contributed by atoms with Crippen LogP contribution < -0.4 is 5.32 Å². The highest BCUT2D eigenvalue weighted by molar-refractivity contribution is 8.00. The number of thioether (sulfide) groups is 1. The van der Waals surface area contributed by atoms with Gasteiger partial charge >= 0.3 is 0 Å². The number of benzene rings is 1. The van der Waals surface area contributed by atoms with Gasteiger partial charge in [0.1, 0.15) is 10.9 Å². The van der Waals surface area contributed by atoms with Gasteiger partial charge in [0.15, 0.2) is 0 Å². The highest BCUT2D eigenvalue weighted by atomic mass is 32.2. The van der Waals surface area contributed by atoms with Crippen LogP contribution in [0.1, 0.15) is 12.7 Å². The van der Waals surface area contributed by atoms with Crippen LogP contribution in [-0.4, -0.2) is 41.4 Å². The molecule has 1 amide bonds. The minimum absolute atomic E-state index is 0.00646. The number of amides is 1. The maximum Gasteiger partial charge on any atom is 0.230 e. The molecule has 0 saturated carbocycles. The molecule has 0 aliphatic heterocycles. The van der Waals surface area contributed by atoms with Crippen molar-refractivity contribution in [2.75, 3.05) is 19.5 Å². The fourth-order valence-corrected chi connectivity index (χ4v) is 2.89. The number of ether oxygens (including phenoxy) is 1. The van der Waals surface area contributed by atoms with Crippen LogP contribution in [0.25, 0.3) is 10.9 Å². The summed E-state index contributed by atoms with van der Waals surface area (Å²) in [4.78, 5) is 20.7. The van der Waals surface area contributed by atoms with Gasteiger partial charge in [-0.15, -0.1) is 0 Å². The highest BCUT2D eigenvalue weighted by Gasteiger charge is 2.11. The van der Waals surface area contributed by atoms with E-state index in [1.807, 2.05) is 38.1 Å². The molecule has 1 unspecified atom stereocenters. The zero-order valence-corrected chi connectivity index (χ0v) is 13.2. The van der Waals surface area contributed by atoms with Crippen LogP contribution in [-0.2, 0) is 9.53 Å². The lowest BCUT2D eigenvalue weighted by molar-refractivity contribution is -0.119. The Balaban J connectivity index is 2.05. The quantitative estimate of drug-likeness (QED) is 0.654. The Bertz CT molecular complexity index is 633. The molecule has 2 aromatic rings. The van der Waals surface area contributed by atoms with E-state index in [2.05, 4.69) is 15.3 Å². The first-order valence-electron chi connectivity index (χ1n) is 6.74. The fourth-order valence-electron chi connectivity index (χ4n) is 2.01. The highest BCUT2D eigenvalue weighted by Crippen LogP contribution is 2.24. The number of rotatable bonds is 6. The van der Waals surface area contributed by atoms with E-state index >= 15 is 0 Å². The molecule has 1 N–H and O–H groups in total. The molecular weight excluding hydrogens is 286 g/mol. The number of hydrogen-bond acceptors (Lipinski definition) is 5. The van der Waals surface area contributed by atoms with Crippen molar-refractivity contribution in [1.82, 2.24) is 15.3 Å². The summed E-state index contributed by atoms with van der Waals surface area (Å²) in [5.74, 6) is 1.02. The summed E-state index contributed by atoms with van der Waals surface area (Å²) in [6, 6.07) is 7.83. The number of para-hydroxylation sites is 1. The van der Waals surface area contributed by atoms with Crippen LogP contribution in [0.3, 0.4) is 0 Å². The zero-order chi connectivity index (χ0) is 15.2. The molecule has 1 aromatic carbocycles. The summed E-state index contributed by atoms with van der Waals surface area (Å²) < 4.78 is 5.00. The zero-order valence-electron chi connectivity index (χ0n) is 12.4. The minimum Gasteiger partial charge on any atom is -0.383 e. The molecule has 1 heterocycles. The molecule has 112 valence electrons. The number of carbonyl (C=O) groups excluding carboxylic acids is 1. The summed E-state index contributed by atoms with van der Waals surface area (Å²) in [6.45, 7) is 4.28. The summed E-state index contributed by atoms with van der Waals surface area (Å²) in [5.41, 5.74) is 0.903. The van der Waals surface area contributed by atoms with Crippen molar-refractivity contribution in [3.05, 3.63) is 30.1 Å². The second-order valence-corrected chi connectivity index (χ2v) is 5.77. The van der Waals surface area contributed by atoms with Crippen LogP contribution in [0, 0.1) is 6.92 Å². The predicted molar refractivity (Wildman–Crippen MR) is 84.5 cm³/mol. The van der Waals surface area contributed by atoms with Crippen molar-refractivity contribution >= 4 is 28.6 Å². The SMILES string of the molecule is COCC(C)NC(=O)CSc1nc(C)nc2ccccc12. The van der Waals surface area contributed by atoms with Crippen molar-refractivity contribution in [2.45, 2.75) is 24.9 Å². The van der Waals surface area contributed by atoms with E-state index in [0.717, 1.165) is 15.9 Å². The molecule has 0 fully saturated rings. The van der Waals surface area contributed by atoms with Gasteiger partial charge in [-0.1, -0.05) is 30.0 Å². The molecule has 0 bridgehead atoms. The molecular formula is C15H19N3O2S. The van der Waals surface area contributed by atoms with Crippen molar-refractivity contribution < 1.29 is 9.53 Å². The molecule has 2 rings (SSSR count). The topological polar surface area (TPSA) is 64.1 Å². The number of fused-ring (bicyclic) bond motifs is 1. The van der Waals surface area contributed by atoms with Gasteiger partial charge in [0.25, 0.3) is 0 Å². The van der Waals surface area contributed by atoms with Crippen LogP contribution in [0.5, 0.6) is 0 Å². The average Bonchev–Trinajstić information content (AvgIpc) is 2.44. The smallest absolute Gasteiger partial charge is 0.230 e. The van der Waals surface area contributed by atoms with Gasteiger partial charge in [-0.2, -0.15) is 0 Å². The third kappa shape index (κ3) is 4.41. The maximum absolute atomic E-state index is 11.9. The Morgan fingerprint density at radius 3 is 2.90 bits per heavy atom. The largest absolute Gasteiger partial charge is 0.383 e. The van der Waals surface area contributed by atoms with Gasteiger partial charge in [0.2, 0.25) is 5.91 Å². The van der Waals surface area contributed by atoms with Crippen molar-refractivity contribution in [3.8, 4) is 0 Å². The van der Waals surface area contributed by atoms with Gasteiger partial charge in [-0.25, -0.2) is 9.97 Å². The minimum atomic E-state index is -0.0232. The molecule has 1 atom stereocenters. The van der Waals surface area contributed by atoms with Gasteiger partial charge in [-0.3, -0.25) is 4.79 Å². The Hall–Kier alpha value is -1.66. The van der Waals surface area contributed by atoms with E-state index in [1.165, 1.54) is 11.8 Å². The molecule has 0 aliphatic carbocycles. The third-order valence-corrected chi connectivity index (χ3v) is 3.84. The first-order chi connectivity index (χ1) is 10.1. The number of nitrogens with one attached hydrogen (secondary N) is 1. The second-order valence-electron chi connectivity index (χ2n) is 4.81. The summed E-state index contributed by atoms with van der Waals surface area (Å²) >= 11 is 1.43. The van der Waals surface area contributed by atoms with Crippen LogP contribution in [0.2, 0.25) is 0 Å². The third-order valence-electron chi connectivity index (χ3n) is 2.84. The lowest BCUT2D eigenvalue weighted by atomic mass is 10.2. The average molecular weight is 305 g/mol. The Labute approximate surface area is 128 Å². The van der Waals surface area contributed by atoms with Crippen LogP contribution >= 0.6 is 11.8 Å². The van der Waals surface area contributed by atoms with E-state index < -0.39 is 0 Å². The summed E-state index contributed by atoms with van der Waals surface area (Å²) in [6.07, 6.45) is 0. The van der Waals surface area contributed by atoms with E-state index in [-0.39, 0.29) is 11.9 Å². The Morgan fingerprint density at radius 2 is 2.14 bits per heavy atom. The van der Waals surface area contributed by atoms with Gasteiger partial charge in [0.05, 0.1) is 17.9 Å². The lowest BCUT2D eigenvalue weighted by Gasteiger charge is -2.12. The molecule has 0 spiro atoms. The molecule has 21 heavy (non-hydrogen) atoms. The van der Waals surface area contributed by atoms with Crippen molar-refractivity contribution in [1.29, 1.82) is 0 Å². The van der Waals surface area contributed by atoms with E-state index in [9.17, 15) is 4.79 Å². The maximum atomic E-state index is 11.9. The number of hydrogen-bond donors (Lipinski definition) is 1. The molecule has 6 heteroatoms. The Kier molecular flexibility index (Phi) is 5.52. The van der Waals surface area contributed by atoms with Gasteiger partial charge < -0.3 is 10.1 Å². The Morgan fingerprint density at radius 1 is 1.38 bits per heavy atom. The van der Waals surface area contributed by atoms with E-state index in [0.29, 0.717) is 18.2 Å². The predicted octanol–water partition coefficient (Wildman–Crippen LogP) is 2.18. The first kappa shape index (κ1) is 15.7. The molecule has 5 nitrogen and oxygen atoms in total. The van der Waals surface area contributed by atoms with Crippen molar-refractivity contribution in [2.24, 2.45) is 0 Å². The normalized spacial score (nSPS) is 12.3. The summed E-state index contributed by atoms with van der Waals surface area (Å²) in [5, 5.41) is 4.70. The fraction of sp³-hybridized carbons (Fsp3) is 0.400. The standard InChI is InChI=1S/C15H19N3O2S/c1-10(8-20-3)16-14(19)9-21-15-12-6-4-5-7-13(12)17-11(2)18-15/h4-7,10H,8-9H2,1-3H3,(H,16,19). The monoisotopic (exact) mass is 305 g/mol. The number of nitrogens with zero attached hydrogens (tertiary/aromatic N) is 2. The van der Waals surface area contributed by atoms with Crippen LogP contribution in [0.4, 0.5) is 0 Å². The number of aryl methyl sites for hydroxylation is 1. The van der Waals surface area contributed by atoms with Crippen molar-refractivity contribution in [3.63, 3.8) is 0 Å². The second kappa shape index (κ2) is 7.38. The van der Waals surface area contributed by atoms with E-state index in [1.54, 1.807) is 7.11 Å².